The van der Waals surface area contributed by atoms with Gasteiger partial charge in [-0.2, -0.15) is 0 Å². The van der Waals surface area contributed by atoms with Crippen LogP contribution < -0.4 is 5.31 Å². The zero-order valence-corrected chi connectivity index (χ0v) is 8.15. The molecule has 1 amide bonds. The van der Waals surface area contributed by atoms with Gasteiger partial charge < -0.3 is 30.5 Å². The molecule has 7 nitrogen and oxygen atoms in total. The summed E-state index contributed by atoms with van der Waals surface area (Å²) in [6.45, 7) is 0.497. The van der Waals surface area contributed by atoms with Crippen LogP contribution in [0.5, 0.6) is 0 Å². The van der Waals surface area contributed by atoms with Crippen molar-refractivity contribution in [2.45, 2.75) is 37.6 Å². The molecule has 0 aromatic heterocycles. The summed E-state index contributed by atoms with van der Waals surface area (Å²) in [7, 11) is 0. The molecule has 0 aromatic carbocycles. The Hall–Kier alpha value is -0.730. The lowest BCUT2D eigenvalue weighted by molar-refractivity contribution is -0.253. The highest BCUT2D eigenvalue weighted by atomic mass is 16.6. The Morgan fingerprint density at radius 3 is 2.53 bits per heavy atom. The summed E-state index contributed by atoms with van der Waals surface area (Å²) in [6, 6.07) is -1.38. The third-order valence-electron chi connectivity index (χ3n) is 2.20. The van der Waals surface area contributed by atoms with Crippen molar-refractivity contribution in [1.29, 1.82) is 0 Å². The Labute approximate surface area is 87.8 Å². The molecule has 5 N–H and O–H groups in total. The normalized spacial score (nSPS) is 42.2. The minimum absolute atomic E-state index is 0.339. The largest absolute Gasteiger partial charge is 0.394 e. The van der Waals surface area contributed by atoms with E-state index in [0.717, 1.165) is 6.92 Å². The van der Waals surface area contributed by atoms with E-state index in [4.69, 9.17) is 11.3 Å². The fourth-order valence-corrected chi connectivity index (χ4v) is 1.43. The number of aliphatic hydroxyl groups is 4. The smallest absolute Gasteiger partial charge is 0.217 e. The number of aliphatic hydroxyl groups excluding tert-OH is 4. The van der Waals surface area contributed by atoms with Crippen LogP contribution in [0.3, 0.4) is 0 Å². The zero-order chi connectivity index (χ0) is 12.5. The number of carbonyl (C=O) groups excluding carboxylic acids is 1. The highest BCUT2D eigenvalue weighted by Crippen LogP contribution is 2.19. The summed E-state index contributed by atoms with van der Waals surface area (Å²) in [5, 5.41) is 37.7. The van der Waals surface area contributed by atoms with E-state index in [9.17, 15) is 20.1 Å². The molecule has 5 atom stereocenters. The van der Waals surface area contributed by atoms with Gasteiger partial charge >= 0.3 is 0 Å². The molecule has 1 heterocycles. The molecule has 0 aliphatic carbocycles. The quantitative estimate of drug-likeness (QED) is 0.338. The highest BCUT2D eigenvalue weighted by Gasteiger charge is 2.43. The maximum absolute atomic E-state index is 10.9. The monoisotopic (exact) mass is 222 g/mol. The maximum atomic E-state index is 10.9. The van der Waals surface area contributed by atoms with Gasteiger partial charge in [0.25, 0.3) is 0 Å². The summed E-state index contributed by atoms with van der Waals surface area (Å²) in [4.78, 5) is 10.9. The van der Waals surface area contributed by atoms with E-state index in [2.05, 4.69) is 0 Å². The predicted molar refractivity (Wildman–Crippen MR) is 47.6 cm³/mol. The van der Waals surface area contributed by atoms with Crippen molar-refractivity contribution in [1.82, 2.24) is 5.31 Å². The summed E-state index contributed by atoms with van der Waals surface area (Å²) >= 11 is 0. The van der Waals surface area contributed by atoms with Gasteiger partial charge in [0.1, 0.15) is 24.4 Å². The second-order valence-electron chi connectivity index (χ2n) is 3.37. The molecule has 0 aromatic rings. The molecule has 0 saturated carbocycles. The molecule has 1 unspecified atom stereocenters. The van der Waals surface area contributed by atoms with Gasteiger partial charge in [-0.15, -0.1) is 0 Å². The van der Waals surface area contributed by atoms with Crippen LogP contribution in [0, 0.1) is 0 Å². The molecule has 0 radical (unpaired) electrons. The van der Waals surface area contributed by atoms with Crippen molar-refractivity contribution >= 4 is 5.91 Å². The van der Waals surface area contributed by atoms with Crippen molar-refractivity contribution < 1.29 is 31.4 Å². The average molecular weight is 222 g/mol. The van der Waals surface area contributed by atoms with E-state index < -0.39 is 43.2 Å². The molecule has 15 heavy (non-hydrogen) atoms. The van der Waals surface area contributed by atoms with Gasteiger partial charge in [-0.05, 0) is 0 Å². The standard InChI is InChI=1S/C8H15NO6/c1-3(11)9-5-7(13)6(12)4(2-10)15-8(5)14/h4-8,10,12-14H,2H2,1H3,(H,9,11)/t4-,5-,6-,7-,8?/m1/s1/i/hD. The van der Waals surface area contributed by atoms with Gasteiger partial charge in [0.05, 0.1) is 6.61 Å². The minimum Gasteiger partial charge on any atom is -0.394 e. The van der Waals surface area contributed by atoms with Gasteiger partial charge in [0.15, 0.2) is 7.70 Å². The van der Waals surface area contributed by atoms with Crippen LogP contribution in [-0.2, 0) is 9.53 Å². The second kappa shape index (κ2) is 4.86. The molecule has 1 fully saturated rings. The average Bonchev–Trinajstić information content (AvgIpc) is 2.23. The maximum Gasteiger partial charge on any atom is 0.217 e. The lowest BCUT2D eigenvalue weighted by Crippen LogP contribution is -2.63. The van der Waals surface area contributed by atoms with Gasteiger partial charge in [-0.1, -0.05) is 0 Å². The second-order valence-corrected chi connectivity index (χ2v) is 3.37. The highest BCUT2D eigenvalue weighted by molar-refractivity contribution is 5.73. The molecule has 88 valence electrons. The molecular weight excluding hydrogens is 206 g/mol. The molecule has 1 saturated heterocycles. The molecule has 0 bridgehead atoms. The van der Waals surface area contributed by atoms with Crippen molar-refractivity contribution in [3.05, 3.63) is 0 Å². The van der Waals surface area contributed by atoms with E-state index in [0.29, 0.717) is 5.31 Å². The van der Waals surface area contributed by atoms with E-state index >= 15 is 0 Å². The number of nitrogens with one attached hydrogen (secondary N) is 1. The van der Waals surface area contributed by atoms with Crippen molar-refractivity contribution in [3.63, 3.8) is 0 Å². The van der Waals surface area contributed by atoms with Crippen LogP contribution in [0.4, 0.5) is 0 Å². The Morgan fingerprint density at radius 2 is 2.07 bits per heavy atom. The molecule has 7 heteroatoms. The lowest BCUT2D eigenvalue weighted by atomic mass is 9.97. The first-order chi connectivity index (χ1) is 7.40. The lowest BCUT2D eigenvalue weighted by Gasteiger charge is -2.40. The van der Waals surface area contributed by atoms with E-state index in [1.807, 2.05) is 0 Å². The summed E-state index contributed by atoms with van der Waals surface area (Å²) in [6.07, 6.45) is -5.79. The Morgan fingerprint density at radius 1 is 1.47 bits per heavy atom. The fourth-order valence-electron chi connectivity index (χ4n) is 1.43. The molecule has 1 aliphatic rings. The van der Waals surface area contributed by atoms with Crippen LogP contribution in [-0.4, -0.2) is 63.6 Å². The van der Waals surface area contributed by atoms with E-state index in [1.165, 1.54) is 0 Å². The predicted octanol–water partition coefficient (Wildman–Crippen LogP) is -3.08. The van der Waals surface area contributed by atoms with Crippen molar-refractivity contribution in [2.75, 3.05) is 6.61 Å². The van der Waals surface area contributed by atoms with Crippen molar-refractivity contribution in [2.24, 2.45) is 0 Å². The summed E-state index contributed by atoms with van der Waals surface area (Å²) in [5.74, 6) is -0.707. The Balaban J connectivity index is 2.83. The molecule has 1 rings (SSSR count). The van der Waals surface area contributed by atoms with Crippen LogP contribution in [0.2, 0.25) is 1.41 Å². The SMILES string of the molecule is [2H]N(C(C)=O)[C@H]1C(O)O[C@H](CO)[C@@H](O)[C@@H]1O. The minimum atomic E-state index is -1.63. The Bertz CT molecular complexity index is 265. The Kier molecular flexibility index (Phi) is 3.49. The van der Waals surface area contributed by atoms with Gasteiger partial charge in [-0.25, -0.2) is 0 Å². The first kappa shape index (κ1) is 10.8. The summed E-state index contributed by atoms with van der Waals surface area (Å²) in [5.41, 5.74) is 0. The van der Waals surface area contributed by atoms with E-state index in [1.54, 1.807) is 0 Å². The van der Waals surface area contributed by atoms with Crippen LogP contribution in [0.15, 0.2) is 0 Å². The molecule has 0 spiro atoms. The van der Waals surface area contributed by atoms with Gasteiger partial charge in [0, 0.05) is 6.92 Å². The number of ether oxygens (including phenoxy) is 1. The number of carbonyl (C=O) groups is 1. The third-order valence-corrected chi connectivity index (χ3v) is 2.20. The van der Waals surface area contributed by atoms with Crippen LogP contribution in [0.25, 0.3) is 0 Å². The van der Waals surface area contributed by atoms with Gasteiger partial charge in [0.2, 0.25) is 5.91 Å². The molecule has 1 aliphatic heterocycles. The fraction of sp³-hybridized carbons (Fsp3) is 0.875. The first-order valence-electron chi connectivity index (χ1n) is 4.94. The number of rotatable bonds is 2. The van der Waals surface area contributed by atoms with Crippen LogP contribution >= 0.6 is 0 Å². The van der Waals surface area contributed by atoms with Crippen LogP contribution in [0.1, 0.15) is 6.92 Å². The zero-order valence-electron chi connectivity index (χ0n) is 9.15. The third kappa shape index (κ3) is 2.64. The van der Waals surface area contributed by atoms with Crippen molar-refractivity contribution in [3.8, 4) is 0 Å². The number of amides is 1. The summed E-state index contributed by atoms with van der Waals surface area (Å²) < 4.78 is 12.1. The molecular formula is C8H15NO6. The number of hydrogen-bond donors (Lipinski definition) is 5. The van der Waals surface area contributed by atoms with E-state index in [-0.39, 0.29) is 0 Å². The first-order valence-corrected chi connectivity index (χ1v) is 4.49. The van der Waals surface area contributed by atoms with Gasteiger partial charge in [-0.3, -0.25) is 4.79 Å². The topological polar surface area (TPSA) is 119 Å². The number of hydrogen-bond acceptors (Lipinski definition) is 6.